The van der Waals surface area contributed by atoms with Gasteiger partial charge in [-0.3, -0.25) is 4.90 Å². The molecule has 9 heteroatoms. The van der Waals surface area contributed by atoms with Gasteiger partial charge in [-0.1, -0.05) is 0 Å². The number of β-amino-alcohol motifs (C(OH)–C–C–N with tert-alkyl or cyclic N) is 1. The highest BCUT2D eigenvalue weighted by Gasteiger charge is 2.31. The maximum absolute atomic E-state index is 12.9. The first-order chi connectivity index (χ1) is 13.8. The van der Waals surface area contributed by atoms with Crippen LogP contribution < -0.4 is 4.74 Å². The fourth-order valence-corrected chi connectivity index (χ4v) is 6.27. The van der Waals surface area contributed by atoms with E-state index in [9.17, 15) is 13.5 Å². The molecule has 1 fully saturated rings. The minimum absolute atomic E-state index is 0.137. The SMILES string of the molecule is Cc1cc(S(=O)(=O)N2CCN(CC(O)COc3ccc(C#N)cc3)CC2)c(C)s1. The van der Waals surface area contributed by atoms with Gasteiger partial charge in [-0.25, -0.2) is 8.42 Å². The summed E-state index contributed by atoms with van der Waals surface area (Å²) in [6, 6.07) is 10.5. The molecule has 1 aliphatic rings. The van der Waals surface area contributed by atoms with Crippen LogP contribution in [0.5, 0.6) is 5.75 Å². The highest BCUT2D eigenvalue weighted by molar-refractivity contribution is 7.89. The van der Waals surface area contributed by atoms with Crippen molar-refractivity contribution in [3.05, 3.63) is 45.6 Å². The van der Waals surface area contributed by atoms with Crippen molar-refractivity contribution in [2.24, 2.45) is 0 Å². The van der Waals surface area contributed by atoms with E-state index in [1.165, 1.54) is 15.6 Å². The molecule has 1 atom stereocenters. The summed E-state index contributed by atoms with van der Waals surface area (Å²) in [6.07, 6.45) is -0.685. The highest BCUT2D eigenvalue weighted by atomic mass is 32.2. The average Bonchev–Trinajstić information content (AvgIpc) is 3.06. The van der Waals surface area contributed by atoms with Gasteiger partial charge in [0, 0.05) is 42.5 Å². The van der Waals surface area contributed by atoms with Crippen molar-refractivity contribution in [1.82, 2.24) is 9.21 Å². The van der Waals surface area contributed by atoms with Gasteiger partial charge in [-0.05, 0) is 44.2 Å². The maximum atomic E-state index is 12.9. The third-order valence-corrected chi connectivity index (χ3v) is 7.96. The first-order valence-corrected chi connectivity index (χ1v) is 11.7. The van der Waals surface area contributed by atoms with Crippen molar-refractivity contribution in [3.8, 4) is 11.8 Å². The van der Waals surface area contributed by atoms with Gasteiger partial charge >= 0.3 is 0 Å². The third kappa shape index (κ3) is 5.35. The van der Waals surface area contributed by atoms with Gasteiger partial charge in [0.15, 0.2) is 0 Å². The maximum Gasteiger partial charge on any atom is 0.244 e. The molecule has 156 valence electrons. The van der Waals surface area contributed by atoms with Crippen LogP contribution in [0.4, 0.5) is 0 Å². The molecule has 29 heavy (non-hydrogen) atoms. The summed E-state index contributed by atoms with van der Waals surface area (Å²) in [5.74, 6) is 0.598. The quantitative estimate of drug-likeness (QED) is 0.715. The third-order valence-electron chi connectivity index (χ3n) is 4.84. The van der Waals surface area contributed by atoms with Crippen LogP contribution >= 0.6 is 11.3 Å². The Kier molecular flexibility index (Phi) is 6.93. The normalized spacial score (nSPS) is 17.0. The largest absolute Gasteiger partial charge is 0.491 e. The second kappa shape index (κ2) is 9.24. The zero-order chi connectivity index (χ0) is 21.0. The number of piperazine rings is 1. The molecule has 2 aromatic rings. The topological polar surface area (TPSA) is 93.9 Å². The average molecular weight is 436 g/mol. The number of hydrogen-bond acceptors (Lipinski definition) is 7. The van der Waals surface area contributed by atoms with Gasteiger partial charge in [0.1, 0.15) is 18.5 Å². The summed E-state index contributed by atoms with van der Waals surface area (Å²) in [4.78, 5) is 4.26. The van der Waals surface area contributed by atoms with Crippen LogP contribution in [0.3, 0.4) is 0 Å². The molecule has 7 nitrogen and oxygen atoms in total. The Bertz CT molecular complexity index is 972. The first kappa shape index (κ1) is 21.7. The second-order valence-electron chi connectivity index (χ2n) is 7.08. The van der Waals surface area contributed by atoms with Gasteiger partial charge in [-0.15, -0.1) is 11.3 Å². The number of hydrogen-bond donors (Lipinski definition) is 1. The first-order valence-electron chi connectivity index (χ1n) is 9.40. The van der Waals surface area contributed by atoms with Crippen molar-refractivity contribution in [1.29, 1.82) is 5.26 Å². The monoisotopic (exact) mass is 435 g/mol. The number of nitriles is 1. The van der Waals surface area contributed by atoms with E-state index in [2.05, 4.69) is 0 Å². The van der Waals surface area contributed by atoms with E-state index in [1.807, 2.05) is 24.8 Å². The molecule has 0 amide bonds. The van der Waals surface area contributed by atoms with E-state index in [4.69, 9.17) is 10.00 Å². The summed E-state index contributed by atoms with van der Waals surface area (Å²) >= 11 is 1.50. The van der Waals surface area contributed by atoms with Crippen LogP contribution in [-0.4, -0.2) is 68.2 Å². The standard InChI is InChI=1S/C20H25N3O4S2/c1-15-11-20(16(2)28-15)29(25,26)23-9-7-22(8-10-23)13-18(24)14-27-19-5-3-17(12-21)4-6-19/h3-6,11,18,24H,7-10,13-14H2,1-2H3. The Morgan fingerprint density at radius 3 is 2.41 bits per heavy atom. The Balaban J connectivity index is 1.47. The number of ether oxygens (including phenoxy) is 1. The molecule has 3 rings (SSSR count). The molecular weight excluding hydrogens is 410 g/mol. The van der Waals surface area contributed by atoms with E-state index in [-0.39, 0.29) is 6.61 Å². The lowest BCUT2D eigenvalue weighted by Gasteiger charge is -2.34. The van der Waals surface area contributed by atoms with E-state index < -0.39 is 16.1 Å². The van der Waals surface area contributed by atoms with Crippen LogP contribution in [0.1, 0.15) is 15.3 Å². The van der Waals surface area contributed by atoms with Crippen molar-refractivity contribution in [2.45, 2.75) is 24.8 Å². The molecular formula is C20H25N3O4S2. The number of sulfonamides is 1. The zero-order valence-corrected chi connectivity index (χ0v) is 18.2. The zero-order valence-electron chi connectivity index (χ0n) is 16.5. The smallest absolute Gasteiger partial charge is 0.244 e. The van der Waals surface area contributed by atoms with Crippen LogP contribution in [-0.2, 0) is 10.0 Å². The minimum atomic E-state index is -3.47. The molecule has 0 bridgehead atoms. The van der Waals surface area contributed by atoms with Gasteiger partial charge < -0.3 is 9.84 Å². The van der Waals surface area contributed by atoms with Gasteiger partial charge in [0.05, 0.1) is 16.5 Å². The van der Waals surface area contributed by atoms with Gasteiger partial charge in [0.25, 0.3) is 0 Å². The molecule has 0 saturated carbocycles. The van der Waals surface area contributed by atoms with Gasteiger partial charge in [0.2, 0.25) is 10.0 Å². The Hall–Kier alpha value is -1.96. The summed E-state index contributed by atoms with van der Waals surface area (Å²) in [6.45, 7) is 6.24. The van der Waals surface area contributed by atoms with E-state index in [1.54, 1.807) is 30.3 Å². The minimum Gasteiger partial charge on any atom is -0.491 e. The molecule has 1 saturated heterocycles. The summed E-state index contributed by atoms with van der Waals surface area (Å²) < 4.78 is 32.9. The Morgan fingerprint density at radius 1 is 1.21 bits per heavy atom. The fraction of sp³-hybridized carbons (Fsp3) is 0.450. The molecule has 0 radical (unpaired) electrons. The van der Waals surface area contributed by atoms with Crippen LogP contribution in [0.25, 0.3) is 0 Å². The molecule has 1 aliphatic heterocycles. The Morgan fingerprint density at radius 2 is 1.86 bits per heavy atom. The second-order valence-corrected chi connectivity index (χ2v) is 10.4. The number of benzene rings is 1. The predicted molar refractivity (Wildman–Crippen MR) is 112 cm³/mol. The van der Waals surface area contributed by atoms with Crippen LogP contribution in [0.15, 0.2) is 35.2 Å². The highest BCUT2D eigenvalue weighted by Crippen LogP contribution is 2.28. The predicted octanol–water partition coefficient (Wildman–Crippen LogP) is 1.98. The number of aliphatic hydroxyl groups excluding tert-OH is 1. The van der Waals surface area contributed by atoms with Crippen molar-refractivity contribution in [3.63, 3.8) is 0 Å². The number of thiophene rings is 1. The van der Waals surface area contributed by atoms with Crippen molar-refractivity contribution >= 4 is 21.4 Å². The number of aliphatic hydroxyl groups is 1. The number of rotatable bonds is 7. The van der Waals surface area contributed by atoms with E-state index >= 15 is 0 Å². The lowest BCUT2D eigenvalue weighted by Crippen LogP contribution is -2.50. The summed E-state index contributed by atoms with van der Waals surface area (Å²) in [5.41, 5.74) is 0.554. The molecule has 0 spiro atoms. The van der Waals surface area contributed by atoms with Crippen LogP contribution in [0.2, 0.25) is 0 Å². The summed E-state index contributed by atoms with van der Waals surface area (Å²) in [5, 5.41) is 19.1. The lowest BCUT2D eigenvalue weighted by molar-refractivity contribution is 0.0569. The van der Waals surface area contributed by atoms with Gasteiger partial charge in [-0.2, -0.15) is 9.57 Å². The van der Waals surface area contributed by atoms with Crippen molar-refractivity contribution < 1.29 is 18.3 Å². The number of aryl methyl sites for hydroxylation is 2. The van der Waals surface area contributed by atoms with E-state index in [0.29, 0.717) is 48.9 Å². The van der Waals surface area contributed by atoms with E-state index in [0.717, 1.165) is 9.75 Å². The van der Waals surface area contributed by atoms with Crippen molar-refractivity contribution in [2.75, 3.05) is 39.3 Å². The Labute approximate surface area is 175 Å². The van der Waals surface area contributed by atoms with Crippen LogP contribution in [0, 0.1) is 25.2 Å². The molecule has 1 aromatic heterocycles. The molecule has 1 aromatic carbocycles. The fourth-order valence-electron chi connectivity index (χ4n) is 3.32. The number of nitrogens with zero attached hydrogens (tertiary/aromatic N) is 3. The summed E-state index contributed by atoms with van der Waals surface area (Å²) in [7, 11) is -3.47. The molecule has 2 heterocycles. The molecule has 1 unspecified atom stereocenters. The molecule has 0 aliphatic carbocycles. The lowest BCUT2D eigenvalue weighted by atomic mass is 10.2. The molecule has 1 N–H and O–H groups in total.